The average molecular weight is 281 g/mol. The molecular weight excluding hydrogens is 261 g/mol. The van der Waals surface area contributed by atoms with E-state index in [0.717, 1.165) is 0 Å². The van der Waals surface area contributed by atoms with Crippen LogP contribution in [-0.2, 0) is 14.4 Å². The predicted octanol–water partition coefficient (Wildman–Crippen LogP) is -1.96. The van der Waals surface area contributed by atoms with Crippen molar-refractivity contribution in [3.8, 4) is 0 Å². The molecule has 0 radical (unpaired) electrons. The van der Waals surface area contributed by atoms with Gasteiger partial charge in [0.1, 0.15) is 0 Å². The van der Waals surface area contributed by atoms with Crippen LogP contribution in [0.4, 0.5) is 0 Å². The summed E-state index contributed by atoms with van der Waals surface area (Å²) in [6.45, 7) is 3.59. The zero-order valence-electron chi connectivity index (χ0n) is 10.5. The Balaban J connectivity index is 4.37. The summed E-state index contributed by atoms with van der Waals surface area (Å²) >= 11 is 0. The van der Waals surface area contributed by atoms with Gasteiger partial charge < -0.3 is 0 Å². The molecule has 0 saturated heterocycles. The summed E-state index contributed by atoms with van der Waals surface area (Å²) in [4.78, 5) is 0. The van der Waals surface area contributed by atoms with Crippen molar-refractivity contribution in [3.63, 3.8) is 0 Å². The van der Waals surface area contributed by atoms with Gasteiger partial charge in [0.15, 0.2) is 0 Å². The number of aliphatic hydroxyl groups is 3. The molecule has 0 amide bonds. The number of nitrogens with one attached hydrogen (secondary N) is 1. The summed E-state index contributed by atoms with van der Waals surface area (Å²) in [5.41, 5.74) is 0. The number of hydrogen-bond donors (Lipinski definition) is 4. The van der Waals surface area contributed by atoms with Crippen molar-refractivity contribution in [2.75, 3.05) is 12.4 Å². The third-order valence-corrected chi connectivity index (χ3v) is 3.40. The average Bonchev–Trinajstić information content (AvgIpc) is 2.26. The first-order chi connectivity index (χ1) is 8.21. The first-order valence-electron chi connectivity index (χ1n) is 5.62. The molecule has 0 aromatic carbocycles. The minimum absolute atomic E-state index is 0.248. The van der Waals surface area contributed by atoms with Gasteiger partial charge in [-0.15, -0.1) is 0 Å². The fourth-order valence-corrected chi connectivity index (χ4v) is 2.22. The molecule has 0 aliphatic carbocycles. The van der Waals surface area contributed by atoms with Gasteiger partial charge in [-0.3, -0.25) is 0 Å². The van der Waals surface area contributed by atoms with E-state index in [0.29, 0.717) is 6.42 Å². The second-order valence-corrected chi connectivity index (χ2v) is 6.47. The van der Waals surface area contributed by atoms with Crippen LogP contribution in [0.1, 0.15) is 20.3 Å². The van der Waals surface area contributed by atoms with E-state index in [1.54, 1.807) is 0 Å². The Bertz CT molecular complexity index is 347. The van der Waals surface area contributed by atoms with Gasteiger partial charge in [-0.25, -0.2) is 0 Å². The van der Waals surface area contributed by atoms with Crippen LogP contribution in [0.15, 0.2) is 0 Å². The Kier molecular flexibility index (Phi) is 7.80. The van der Waals surface area contributed by atoms with Crippen LogP contribution < -0.4 is 5.32 Å². The third kappa shape index (κ3) is 7.17. The van der Waals surface area contributed by atoms with Crippen LogP contribution in [-0.4, -0.2) is 60.9 Å². The van der Waals surface area contributed by atoms with Gasteiger partial charge >= 0.3 is 107 Å². The van der Waals surface area contributed by atoms with E-state index in [4.69, 9.17) is 5.11 Å². The fraction of sp³-hybridized carbons (Fsp3) is 1.00. The maximum absolute atomic E-state index is 10.9. The second-order valence-electron chi connectivity index (χ2n) is 4.61. The summed E-state index contributed by atoms with van der Waals surface area (Å²) in [7, 11) is -4.02. The van der Waals surface area contributed by atoms with Crippen molar-refractivity contribution in [2.24, 2.45) is 5.92 Å². The predicted molar refractivity (Wildman–Crippen MR) is 65.7 cm³/mol. The summed E-state index contributed by atoms with van der Waals surface area (Å²) in [5.74, 6) is -0.595. The van der Waals surface area contributed by atoms with Crippen LogP contribution in [0.25, 0.3) is 0 Å². The monoisotopic (exact) mass is 281 g/mol. The molecule has 0 aromatic rings. The van der Waals surface area contributed by atoms with Crippen LogP contribution in [0, 0.1) is 5.92 Å². The van der Waals surface area contributed by atoms with Gasteiger partial charge in [0.25, 0.3) is 0 Å². The summed E-state index contributed by atoms with van der Waals surface area (Å²) in [6, 6.07) is -0.450. The molecule has 4 N–H and O–H groups in total. The summed E-state index contributed by atoms with van der Waals surface area (Å²) in [6.07, 6.45) is -2.85. The van der Waals surface area contributed by atoms with Gasteiger partial charge in [-0.05, 0) is 0 Å². The molecule has 0 heterocycles. The van der Waals surface area contributed by atoms with E-state index in [1.165, 1.54) is 0 Å². The van der Waals surface area contributed by atoms with Gasteiger partial charge in [-0.1, -0.05) is 0 Å². The first-order valence-corrected chi connectivity index (χ1v) is 7.34. The van der Waals surface area contributed by atoms with E-state index >= 15 is 0 Å². The molecule has 0 aliphatic heterocycles. The van der Waals surface area contributed by atoms with Crippen molar-refractivity contribution >= 4 is 16.1 Å². The van der Waals surface area contributed by atoms with Gasteiger partial charge in [0.2, 0.25) is 0 Å². The number of rotatable bonds is 9. The Morgan fingerprint density at radius 1 is 1.28 bits per heavy atom. The molecule has 0 aromatic heterocycles. The second kappa shape index (κ2) is 7.95. The Morgan fingerprint density at radius 3 is 2.22 bits per heavy atom. The Hall–Kier alpha value is -0.345. The van der Waals surface area contributed by atoms with Crippen molar-refractivity contribution in [2.45, 2.75) is 38.6 Å². The summed E-state index contributed by atoms with van der Waals surface area (Å²) in [5, 5.41) is 30.5. The molecule has 3 atom stereocenters. The molecule has 7 nitrogen and oxygen atoms in total. The van der Waals surface area contributed by atoms with Crippen molar-refractivity contribution in [1.29, 1.82) is 0 Å². The van der Waals surface area contributed by atoms with Crippen LogP contribution in [0.5, 0.6) is 0 Å². The van der Waals surface area contributed by atoms with Crippen LogP contribution >= 0.6 is 0 Å². The van der Waals surface area contributed by atoms with Crippen LogP contribution in [0.3, 0.4) is 0 Å². The zero-order chi connectivity index (χ0) is 14.3. The maximum atomic E-state index is 10.9. The Labute approximate surface area is 107 Å². The molecule has 0 fully saturated rings. The summed E-state index contributed by atoms with van der Waals surface area (Å²) < 4.78 is 32.0. The minimum atomic E-state index is -4.02. The molecule has 3 unspecified atom stereocenters. The van der Waals surface area contributed by atoms with E-state index in [9.17, 15) is 23.3 Å². The fourth-order valence-electron chi connectivity index (χ4n) is 1.49. The molecule has 9 heteroatoms. The number of aliphatic hydroxyl groups excluding tert-OH is 3. The van der Waals surface area contributed by atoms with Crippen molar-refractivity contribution in [3.05, 3.63) is 0 Å². The van der Waals surface area contributed by atoms with Gasteiger partial charge in [0, 0.05) is 0 Å². The first kappa shape index (κ1) is 17.7. The quantitative estimate of drug-likeness (QED) is 0.286. The van der Waals surface area contributed by atoms with E-state index in [1.807, 2.05) is 13.8 Å². The van der Waals surface area contributed by atoms with E-state index in [2.05, 4.69) is 5.32 Å². The Morgan fingerprint density at radius 2 is 1.83 bits per heavy atom. The molecule has 18 heavy (non-hydrogen) atoms. The molecule has 0 aliphatic rings. The molecule has 106 valence electrons. The molecular formula is C9H20BNO6S. The normalized spacial score (nSPS) is 17.2. The van der Waals surface area contributed by atoms with Gasteiger partial charge in [-0.2, -0.15) is 0 Å². The van der Waals surface area contributed by atoms with E-state index in [-0.39, 0.29) is 19.0 Å². The third-order valence-electron chi connectivity index (χ3n) is 2.30. The topological polar surface area (TPSA) is 124 Å². The van der Waals surface area contributed by atoms with Gasteiger partial charge in [0.05, 0.1) is 0 Å². The number of hydrogen-bond acceptors (Lipinski definition) is 7. The van der Waals surface area contributed by atoms with Crippen LogP contribution in [0.2, 0.25) is 0 Å². The molecule has 0 bridgehead atoms. The molecule has 0 rings (SSSR count). The molecule has 0 spiro atoms. The zero-order valence-corrected chi connectivity index (χ0v) is 11.3. The van der Waals surface area contributed by atoms with E-state index < -0.39 is 33.8 Å². The molecule has 0 saturated carbocycles. The van der Waals surface area contributed by atoms with Crippen molar-refractivity contribution in [1.82, 2.24) is 5.32 Å². The standard InChI is InChI=1S/C9H20BNO6S/c1-6(2)3-7(4-12)11-9(14)8(13)5-18(16,17)10-15/h6-9,11-14H,3-5H2,1-2H3. The van der Waals surface area contributed by atoms with Crippen molar-refractivity contribution < 1.29 is 28.4 Å². The SMILES string of the molecule is CC(C)CC(CO)NC(O)C(O)CS(=O)(=O)B=O.